The highest BCUT2D eigenvalue weighted by Crippen LogP contribution is 2.21. The third kappa shape index (κ3) is 5.48. The van der Waals surface area contributed by atoms with Crippen molar-refractivity contribution in [3.63, 3.8) is 0 Å². The SMILES string of the molecule is CCCCOc1ccc(NCCNc2c(C)cc(C)cc2C)cc1. The van der Waals surface area contributed by atoms with Crippen molar-refractivity contribution in [1.82, 2.24) is 0 Å². The zero-order valence-corrected chi connectivity index (χ0v) is 15.4. The lowest BCUT2D eigenvalue weighted by molar-refractivity contribution is 0.309. The number of hydrogen-bond acceptors (Lipinski definition) is 3. The number of anilines is 2. The van der Waals surface area contributed by atoms with Gasteiger partial charge in [0.2, 0.25) is 0 Å². The van der Waals surface area contributed by atoms with Gasteiger partial charge in [0.05, 0.1) is 6.61 Å². The number of aryl methyl sites for hydroxylation is 3. The first-order chi connectivity index (χ1) is 11.6. The summed E-state index contributed by atoms with van der Waals surface area (Å²) in [7, 11) is 0. The average Bonchev–Trinajstić information content (AvgIpc) is 2.55. The van der Waals surface area contributed by atoms with Crippen molar-refractivity contribution in [2.24, 2.45) is 0 Å². The van der Waals surface area contributed by atoms with Crippen LogP contribution in [-0.4, -0.2) is 19.7 Å². The minimum Gasteiger partial charge on any atom is -0.494 e. The number of benzene rings is 2. The molecule has 2 rings (SSSR count). The summed E-state index contributed by atoms with van der Waals surface area (Å²) in [6, 6.07) is 12.6. The van der Waals surface area contributed by atoms with Crippen LogP contribution in [0, 0.1) is 20.8 Å². The van der Waals surface area contributed by atoms with Gasteiger partial charge in [-0.1, -0.05) is 31.0 Å². The summed E-state index contributed by atoms with van der Waals surface area (Å²) in [5.41, 5.74) is 6.30. The van der Waals surface area contributed by atoms with E-state index in [-0.39, 0.29) is 0 Å². The van der Waals surface area contributed by atoms with Crippen molar-refractivity contribution in [2.45, 2.75) is 40.5 Å². The van der Waals surface area contributed by atoms with Crippen molar-refractivity contribution in [2.75, 3.05) is 30.3 Å². The summed E-state index contributed by atoms with van der Waals surface area (Å²) in [6.45, 7) is 11.2. The van der Waals surface area contributed by atoms with Gasteiger partial charge in [-0.3, -0.25) is 0 Å². The topological polar surface area (TPSA) is 33.3 Å². The fourth-order valence-corrected chi connectivity index (χ4v) is 2.86. The molecule has 0 bridgehead atoms. The lowest BCUT2D eigenvalue weighted by atomic mass is 10.1. The van der Waals surface area contributed by atoms with E-state index in [9.17, 15) is 0 Å². The summed E-state index contributed by atoms with van der Waals surface area (Å²) in [6.07, 6.45) is 2.26. The van der Waals surface area contributed by atoms with Crippen molar-refractivity contribution < 1.29 is 4.74 Å². The van der Waals surface area contributed by atoms with E-state index >= 15 is 0 Å². The predicted octanol–water partition coefficient (Wildman–Crippen LogP) is 5.31. The summed E-state index contributed by atoms with van der Waals surface area (Å²) in [5, 5.41) is 6.98. The van der Waals surface area contributed by atoms with Gasteiger partial charge in [-0.05, 0) is 62.6 Å². The second-order valence-corrected chi connectivity index (χ2v) is 6.35. The molecule has 3 nitrogen and oxygen atoms in total. The molecule has 0 spiro atoms. The summed E-state index contributed by atoms with van der Waals surface area (Å²) in [4.78, 5) is 0. The molecule has 0 aliphatic rings. The monoisotopic (exact) mass is 326 g/mol. The number of unbranched alkanes of at least 4 members (excludes halogenated alkanes) is 1. The Hall–Kier alpha value is -2.16. The normalized spacial score (nSPS) is 10.5. The second kappa shape index (κ2) is 9.21. The van der Waals surface area contributed by atoms with Crippen LogP contribution in [0.15, 0.2) is 36.4 Å². The molecule has 2 aromatic rings. The van der Waals surface area contributed by atoms with Crippen LogP contribution < -0.4 is 15.4 Å². The average molecular weight is 326 g/mol. The zero-order chi connectivity index (χ0) is 17.4. The quantitative estimate of drug-likeness (QED) is 0.612. The maximum absolute atomic E-state index is 5.68. The van der Waals surface area contributed by atoms with Crippen molar-refractivity contribution in [1.29, 1.82) is 0 Å². The van der Waals surface area contributed by atoms with Gasteiger partial charge in [0.25, 0.3) is 0 Å². The lowest BCUT2D eigenvalue weighted by Crippen LogP contribution is -2.15. The molecule has 0 atom stereocenters. The predicted molar refractivity (Wildman–Crippen MR) is 104 cm³/mol. The van der Waals surface area contributed by atoms with E-state index in [1.807, 2.05) is 12.1 Å². The highest BCUT2D eigenvalue weighted by molar-refractivity contribution is 5.58. The molecule has 0 amide bonds. The number of nitrogens with one attached hydrogen (secondary N) is 2. The highest BCUT2D eigenvalue weighted by atomic mass is 16.5. The van der Waals surface area contributed by atoms with Crippen LogP contribution in [-0.2, 0) is 0 Å². The van der Waals surface area contributed by atoms with Gasteiger partial charge in [0.1, 0.15) is 5.75 Å². The van der Waals surface area contributed by atoms with Gasteiger partial charge in [0.15, 0.2) is 0 Å². The smallest absolute Gasteiger partial charge is 0.119 e. The molecule has 24 heavy (non-hydrogen) atoms. The maximum Gasteiger partial charge on any atom is 0.119 e. The first-order valence-electron chi connectivity index (χ1n) is 8.88. The molecule has 0 aromatic heterocycles. The fraction of sp³-hybridized carbons (Fsp3) is 0.429. The minimum absolute atomic E-state index is 0.794. The zero-order valence-electron chi connectivity index (χ0n) is 15.4. The third-order valence-electron chi connectivity index (χ3n) is 4.05. The highest BCUT2D eigenvalue weighted by Gasteiger charge is 2.02. The van der Waals surface area contributed by atoms with Crippen LogP contribution in [0.2, 0.25) is 0 Å². The molecule has 130 valence electrons. The molecule has 0 fully saturated rings. The summed E-state index contributed by atoms with van der Waals surface area (Å²) >= 11 is 0. The molecule has 0 radical (unpaired) electrons. The van der Waals surface area contributed by atoms with E-state index in [0.717, 1.165) is 44.0 Å². The van der Waals surface area contributed by atoms with Crippen molar-refractivity contribution in [3.8, 4) is 5.75 Å². The molecule has 2 aromatic carbocycles. The van der Waals surface area contributed by atoms with Gasteiger partial charge < -0.3 is 15.4 Å². The van der Waals surface area contributed by atoms with Gasteiger partial charge >= 0.3 is 0 Å². The summed E-state index contributed by atoms with van der Waals surface area (Å²) in [5.74, 6) is 0.943. The minimum atomic E-state index is 0.794. The number of rotatable bonds is 9. The molecule has 0 unspecified atom stereocenters. The van der Waals surface area contributed by atoms with Crippen LogP contribution in [0.4, 0.5) is 11.4 Å². The number of ether oxygens (including phenoxy) is 1. The van der Waals surface area contributed by atoms with E-state index < -0.39 is 0 Å². The van der Waals surface area contributed by atoms with E-state index in [4.69, 9.17) is 4.74 Å². The van der Waals surface area contributed by atoms with Gasteiger partial charge in [-0.15, -0.1) is 0 Å². The Labute approximate surface area is 146 Å². The molecule has 0 saturated heterocycles. The van der Waals surface area contributed by atoms with Crippen molar-refractivity contribution in [3.05, 3.63) is 53.1 Å². The molecular weight excluding hydrogens is 296 g/mol. The molecule has 0 heterocycles. The van der Waals surface area contributed by atoms with Gasteiger partial charge in [0, 0.05) is 24.5 Å². The van der Waals surface area contributed by atoms with E-state index in [1.54, 1.807) is 0 Å². The molecule has 3 heteroatoms. The van der Waals surface area contributed by atoms with Crippen LogP contribution in [0.5, 0.6) is 5.75 Å². The van der Waals surface area contributed by atoms with Gasteiger partial charge in [-0.2, -0.15) is 0 Å². The van der Waals surface area contributed by atoms with Gasteiger partial charge in [-0.25, -0.2) is 0 Å². The first-order valence-corrected chi connectivity index (χ1v) is 8.88. The molecule has 0 saturated carbocycles. The summed E-state index contributed by atoms with van der Waals surface area (Å²) < 4.78 is 5.68. The Bertz CT molecular complexity index is 612. The molecule has 0 aliphatic heterocycles. The largest absolute Gasteiger partial charge is 0.494 e. The van der Waals surface area contributed by atoms with Crippen LogP contribution >= 0.6 is 0 Å². The van der Waals surface area contributed by atoms with E-state index in [0.29, 0.717) is 0 Å². The Morgan fingerprint density at radius 3 is 2.12 bits per heavy atom. The fourth-order valence-electron chi connectivity index (χ4n) is 2.86. The van der Waals surface area contributed by atoms with Crippen molar-refractivity contribution >= 4 is 11.4 Å². The molecule has 0 aliphatic carbocycles. The third-order valence-corrected chi connectivity index (χ3v) is 4.05. The Morgan fingerprint density at radius 2 is 1.50 bits per heavy atom. The maximum atomic E-state index is 5.68. The first kappa shape index (κ1) is 18.2. The standard InChI is InChI=1S/C21H30N2O/c1-5-6-13-24-20-9-7-19(8-10-20)22-11-12-23-21-17(3)14-16(2)15-18(21)4/h7-10,14-15,22-23H,5-6,11-13H2,1-4H3. The second-order valence-electron chi connectivity index (χ2n) is 6.35. The molecular formula is C21H30N2O. The van der Waals surface area contributed by atoms with Crippen LogP contribution in [0.3, 0.4) is 0 Å². The van der Waals surface area contributed by atoms with Crippen LogP contribution in [0.25, 0.3) is 0 Å². The Morgan fingerprint density at radius 1 is 0.875 bits per heavy atom. The Kier molecular flexibility index (Phi) is 6.98. The van der Waals surface area contributed by atoms with E-state index in [2.05, 4.69) is 62.6 Å². The van der Waals surface area contributed by atoms with E-state index in [1.165, 1.54) is 22.4 Å². The Balaban J connectivity index is 1.76. The number of hydrogen-bond donors (Lipinski definition) is 2. The molecule has 2 N–H and O–H groups in total. The lowest BCUT2D eigenvalue weighted by Gasteiger charge is -2.14. The van der Waals surface area contributed by atoms with Crippen LogP contribution in [0.1, 0.15) is 36.5 Å².